The summed E-state index contributed by atoms with van der Waals surface area (Å²) in [5.41, 5.74) is 9.02. The van der Waals surface area contributed by atoms with E-state index in [1.165, 1.54) is 11.3 Å². The SMILES string of the molecule is Cc1nc(N)sc1-c1ccnc(C(C)(C)CN(C)C)c1. The monoisotopic (exact) mass is 290 g/mol. The highest BCUT2D eigenvalue weighted by molar-refractivity contribution is 7.18. The van der Waals surface area contributed by atoms with Crippen LogP contribution in [0.3, 0.4) is 0 Å². The lowest BCUT2D eigenvalue weighted by molar-refractivity contribution is 0.311. The van der Waals surface area contributed by atoms with Crippen molar-refractivity contribution in [1.29, 1.82) is 0 Å². The van der Waals surface area contributed by atoms with E-state index < -0.39 is 0 Å². The highest BCUT2D eigenvalue weighted by Gasteiger charge is 2.23. The minimum Gasteiger partial charge on any atom is -0.375 e. The molecule has 2 N–H and O–H groups in total. The first-order valence-corrected chi connectivity index (χ1v) is 7.46. The van der Waals surface area contributed by atoms with Gasteiger partial charge >= 0.3 is 0 Å². The topological polar surface area (TPSA) is 55.0 Å². The van der Waals surface area contributed by atoms with Gasteiger partial charge in [-0.15, -0.1) is 0 Å². The Kier molecular flexibility index (Phi) is 4.11. The lowest BCUT2D eigenvalue weighted by Crippen LogP contribution is -2.32. The first-order chi connectivity index (χ1) is 9.29. The van der Waals surface area contributed by atoms with Crippen molar-refractivity contribution in [2.24, 2.45) is 0 Å². The van der Waals surface area contributed by atoms with Gasteiger partial charge in [0.1, 0.15) is 0 Å². The number of likely N-dealkylation sites (N-methyl/N-ethyl adjacent to an activating group) is 1. The predicted octanol–water partition coefficient (Wildman–Crippen LogP) is 2.93. The summed E-state index contributed by atoms with van der Waals surface area (Å²) in [5.74, 6) is 0. The molecule has 0 saturated heterocycles. The van der Waals surface area contributed by atoms with Crippen molar-refractivity contribution in [1.82, 2.24) is 14.9 Å². The summed E-state index contributed by atoms with van der Waals surface area (Å²) in [4.78, 5) is 12.2. The molecule has 2 rings (SSSR count). The van der Waals surface area contributed by atoms with Gasteiger partial charge in [0.2, 0.25) is 0 Å². The van der Waals surface area contributed by atoms with Crippen molar-refractivity contribution in [2.75, 3.05) is 26.4 Å². The molecule has 0 aliphatic carbocycles. The average molecular weight is 290 g/mol. The highest BCUT2D eigenvalue weighted by Crippen LogP contribution is 2.33. The van der Waals surface area contributed by atoms with E-state index in [-0.39, 0.29) is 5.41 Å². The molecule has 5 heteroatoms. The molecule has 0 aliphatic rings. The first kappa shape index (κ1) is 14.9. The third-order valence-electron chi connectivity index (χ3n) is 3.24. The number of thiazole rings is 1. The summed E-state index contributed by atoms with van der Waals surface area (Å²) in [5, 5.41) is 0.614. The fraction of sp³-hybridized carbons (Fsp3) is 0.467. The smallest absolute Gasteiger partial charge is 0.180 e. The molecular weight excluding hydrogens is 268 g/mol. The van der Waals surface area contributed by atoms with Crippen molar-refractivity contribution >= 4 is 16.5 Å². The number of nitrogen functional groups attached to an aromatic ring is 1. The van der Waals surface area contributed by atoms with Crippen molar-refractivity contribution in [3.05, 3.63) is 29.7 Å². The van der Waals surface area contributed by atoms with Crippen molar-refractivity contribution in [3.8, 4) is 10.4 Å². The van der Waals surface area contributed by atoms with E-state index in [1.54, 1.807) is 0 Å². The maximum Gasteiger partial charge on any atom is 0.180 e. The summed E-state index contributed by atoms with van der Waals surface area (Å²) < 4.78 is 0. The molecule has 0 fully saturated rings. The van der Waals surface area contributed by atoms with Crippen molar-refractivity contribution in [3.63, 3.8) is 0 Å². The van der Waals surface area contributed by atoms with Gasteiger partial charge in [0.05, 0.1) is 10.6 Å². The molecule has 2 heterocycles. The van der Waals surface area contributed by atoms with Gasteiger partial charge in [0, 0.05) is 23.9 Å². The largest absolute Gasteiger partial charge is 0.375 e. The van der Waals surface area contributed by atoms with Crippen LogP contribution in [0.15, 0.2) is 18.3 Å². The van der Waals surface area contributed by atoms with Crippen LogP contribution in [0.4, 0.5) is 5.13 Å². The quantitative estimate of drug-likeness (QED) is 0.940. The van der Waals surface area contributed by atoms with Gasteiger partial charge in [0.15, 0.2) is 5.13 Å². The minimum absolute atomic E-state index is 0.00362. The van der Waals surface area contributed by atoms with E-state index in [0.29, 0.717) is 5.13 Å². The van der Waals surface area contributed by atoms with Crippen LogP contribution in [-0.2, 0) is 5.41 Å². The van der Waals surface area contributed by atoms with E-state index in [1.807, 2.05) is 19.2 Å². The molecule has 0 amide bonds. The molecule has 0 radical (unpaired) electrons. The molecule has 0 bridgehead atoms. The average Bonchev–Trinajstić information content (AvgIpc) is 2.67. The maximum absolute atomic E-state index is 5.79. The summed E-state index contributed by atoms with van der Waals surface area (Å²) in [7, 11) is 4.17. The summed E-state index contributed by atoms with van der Waals surface area (Å²) in [6, 6.07) is 4.18. The molecule has 0 unspecified atom stereocenters. The van der Waals surface area contributed by atoms with Crippen LogP contribution in [0.1, 0.15) is 25.2 Å². The number of nitrogens with zero attached hydrogens (tertiary/aromatic N) is 3. The van der Waals surface area contributed by atoms with Gasteiger partial charge in [-0.1, -0.05) is 25.2 Å². The molecule has 0 spiro atoms. The molecule has 2 aromatic heterocycles. The Morgan fingerprint density at radius 3 is 2.60 bits per heavy atom. The molecule has 0 saturated carbocycles. The maximum atomic E-state index is 5.79. The van der Waals surface area contributed by atoms with Crippen molar-refractivity contribution in [2.45, 2.75) is 26.2 Å². The zero-order chi connectivity index (χ0) is 14.9. The molecule has 0 aromatic carbocycles. The molecule has 108 valence electrons. The molecule has 20 heavy (non-hydrogen) atoms. The summed E-state index contributed by atoms with van der Waals surface area (Å²) in [6.45, 7) is 7.38. The van der Waals surface area contributed by atoms with E-state index in [4.69, 9.17) is 5.73 Å². The Bertz CT molecular complexity index is 602. The Hall–Kier alpha value is -1.46. The zero-order valence-corrected chi connectivity index (χ0v) is 13.6. The Labute approximate surface area is 124 Å². The fourth-order valence-corrected chi connectivity index (χ4v) is 3.33. The second-order valence-corrected chi connectivity index (χ2v) is 7.05. The van der Waals surface area contributed by atoms with Gasteiger partial charge in [-0.25, -0.2) is 4.98 Å². The molecule has 0 aliphatic heterocycles. The lowest BCUT2D eigenvalue weighted by Gasteiger charge is -2.28. The Balaban J connectivity index is 2.40. The first-order valence-electron chi connectivity index (χ1n) is 6.64. The highest BCUT2D eigenvalue weighted by atomic mass is 32.1. The number of anilines is 1. The second-order valence-electron chi connectivity index (χ2n) is 6.02. The zero-order valence-electron chi connectivity index (χ0n) is 12.8. The normalized spacial score (nSPS) is 12.1. The van der Waals surface area contributed by atoms with Crippen LogP contribution >= 0.6 is 11.3 Å². The number of pyridine rings is 1. The van der Waals surface area contributed by atoms with Gasteiger partial charge < -0.3 is 10.6 Å². The predicted molar refractivity (Wildman–Crippen MR) is 86.1 cm³/mol. The number of nitrogens with two attached hydrogens (primary N) is 1. The van der Waals surface area contributed by atoms with E-state index in [2.05, 4.69) is 48.9 Å². The molecule has 0 atom stereocenters. The minimum atomic E-state index is 0.00362. The van der Waals surface area contributed by atoms with Crippen LogP contribution < -0.4 is 5.73 Å². The van der Waals surface area contributed by atoms with Crippen LogP contribution in [0.2, 0.25) is 0 Å². The Morgan fingerprint density at radius 1 is 1.35 bits per heavy atom. The molecule has 2 aromatic rings. The number of rotatable bonds is 4. The fourth-order valence-electron chi connectivity index (χ4n) is 2.50. The molecule has 4 nitrogen and oxygen atoms in total. The van der Waals surface area contributed by atoms with Crippen LogP contribution in [0.5, 0.6) is 0 Å². The van der Waals surface area contributed by atoms with Gasteiger partial charge in [0.25, 0.3) is 0 Å². The van der Waals surface area contributed by atoms with Crippen molar-refractivity contribution < 1.29 is 0 Å². The number of hydrogen-bond acceptors (Lipinski definition) is 5. The number of aryl methyl sites for hydroxylation is 1. The lowest BCUT2D eigenvalue weighted by atomic mass is 9.87. The van der Waals surface area contributed by atoms with Crippen LogP contribution in [0.25, 0.3) is 10.4 Å². The summed E-state index contributed by atoms with van der Waals surface area (Å²) in [6.07, 6.45) is 1.87. The van der Waals surface area contributed by atoms with Gasteiger partial charge in [-0.2, -0.15) is 0 Å². The van der Waals surface area contributed by atoms with Crippen LogP contribution in [0, 0.1) is 6.92 Å². The Morgan fingerprint density at radius 2 is 2.05 bits per heavy atom. The second kappa shape index (κ2) is 5.50. The standard InChI is InChI=1S/C15H22N4S/c1-10-13(20-14(16)18-10)11-6-7-17-12(8-11)15(2,3)9-19(4)5/h6-8H,9H2,1-5H3,(H2,16,18). The number of aromatic nitrogens is 2. The number of hydrogen-bond donors (Lipinski definition) is 1. The van der Waals surface area contributed by atoms with Gasteiger partial charge in [-0.05, 0) is 38.7 Å². The molecular formula is C15H22N4S. The summed E-state index contributed by atoms with van der Waals surface area (Å²) >= 11 is 1.53. The van der Waals surface area contributed by atoms with E-state index in [0.717, 1.165) is 28.4 Å². The van der Waals surface area contributed by atoms with E-state index in [9.17, 15) is 0 Å². The van der Waals surface area contributed by atoms with Crippen LogP contribution in [-0.4, -0.2) is 35.5 Å². The third kappa shape index (κ3) is 3.16. The van der Waals surface area contributed by atoms with Gasteiger partial charge in [-0.3, -0.25) is 4.98 Å². The third-order valence-corrected chi connectivity index (χ3v) is 4.28. The van der Waals surface area contributed by atoms with E-state index >= 15 is 0 Å².